The number of aromatic amines is 1. The van der Waals surface area contributed by atoms with Gasteiger partial charge in [-0.05, 0) is 11.5 Å². The number of aliphatic hydroxyl groups is 1. The van der Waals surface area contributed by atoms with E-state index in [4.69, 9.17) is 0 Å². The molecule has 0 unspecified atom stereocenters. The van der Waals surface area contributed by atoms with Crippen molar-refractivity contribution < 1.29 is 13.9 Å². The molecule has 4 aromatic rings. The van der Waals surface area contributed by atoms with Crippen molar-refractivity contribution in [1.29, 1.82) is 0 Å². The SMILES string of the molecule is CC(C)(C)[C@@H](Cn1cc(CO)nn1)Nc1nc(-c2c[nH]c3ncc(F)cc23)ncc1F. The maximum absolute atomic E-state index is 14.6. The first-order valence-corrected chi connectivity index (χ1v) is 9.66. The number of H-pyrrole nitrogens is 1. The second kappa shape index (κ2) is 7.99. The fraction of sp³-hybridized carbons (Fsp3) is 0.350. The van der Waals surface area contributed by atoms with Crippen LogP contribution in [0.3, 0.4) is 0 Å². The fourth-order valence-corrected chi connectivity index (χ4v) is 3.15. The molecule has 0 saturated carbocycles. The fourth-order valence-electron chi connectivity index (χ4n) is 3.15. The molecule has 0 aromatic carbocycles. The minimum Gasteiger partial charge on any atom is -0.390 e. The van der Waals surface area contributed by atoms with Crippen LogP contribution >= 0.6 is 0 Å². The zero-order valence-corrected chi connectivity index (χ0v) is 17.3. The molecule has 1 atom stereocenters. The zero-order valence-electron chi connectivity index (χ0n) is 17.3. The number of pyridine rings is 1. The molecule has 0 bridgehead atoms. The van der Waals surface area contributed by atoms with E-state index in [0.717, 1.165) is 12.4 Å². The summed E-state index contributed by atoms with van der Waals surface area (Å²) in [5.74, 6) is -0.849. The van der Waals surface area contributed by atoms with E-state index in [9.17, 15) is 13.9 Å². The predicted octanol–water partition coefficient (Wildman–Crippen LogP) is 2.91. The molecule has 162 valence electrons. The molecule has 0 aliphatic carbocycles. The molecule has 0 fully saturated rings. The van der Waals surface area contributed by atoms with Crippen molar-refractivity contribution in [2.75, 3.05) is 5.32 Å². The molecule has 4 aromatic heterocycles. The molecular weight excluding hydrogens is 406 g/mol. The van der Waals surface area contributed by atoms with Gasteiger partial charge in [-0.3, -0.25) is 4.68 Å². The van der Waals surface area contributed by atoms with Crippen LogP contribution in [0.5, 0.6) is 0 Å². The van der Waals surface area contributed by atoms with E-state index < -0.39 is 11.6 Å². The Morgan fingerprint density at radius 1 is 1.23 bits per heavy atom. The first-order valence-electron chi connectivity index (χ1n) is 9.66. The molecule has 0 aliphatic rings. The lowest BCUT2D eigenvalue weighted by Gasteiger charge is -2.31. The number of aliphatic hydroxyl groups excluding tert-OH is 1. The van der Waals surface area contributed by atoms with Crippen LogP contribution in [0, 0.1) is 17.0 Å². The van der Waals surface area contributed by atoms with Gasteiger partial charge in [0.1, 0.15) is 17.2 Å². The summed E-state index contributed by atoms with van der Waals surface area (Å²) in [5, 5.41) is 20.7. The van der Waals surface area contributed by atoms with Crippen molar-refractivity contribution in [3.05, 3.63) is 48.2 Å². The highest BCUT2D eigenvalue weighted by Gasteiger charge is 2.27. The lowest BCUT2D eigenvalue weighted by atomic mass is 9.86. The van der Waals surface area contributed by atoms with Gasteiger partial charge in [0, 0.05) is 17.1 Å². The Morgan fingerprint density at radius 3 is 2.74 bits per heavy atom. The van der Waals surface area contributed by atoms with Crippen LogP contribution in [-0.4, -0.2) is 46.1 Å². The summed E-state index contributed by atoms with van der Waals surface area (Å²) in [6, 6.07) is 1.05. The number of halogens is 2. The van der Waals surface area contributed by atoms with E-state index >= 15 is 0 Å². The van der Waals surface area contributed by atoms with Crippen molar-refractivity contribution in [3.63, 3.8) is 0 Å². The van der Waals surface area contributed by atoms with E-state index in [1.54, 1.807) is 17.1 Å². The normalized spacial score (nSPS) is 13.0. The molecule has 3 N–H and O–H groups in total. The Bertz CT molecular complexity index is 1210. The Hall–Kier alpha value is -3.47. The number of anilines is 1. The van der Waals surface area contributed by atoms with E-state index in [0.29, 0.717) is 28.8 Å². The van der Waals surface area contributed by atoms with Gasteiger partial charge in [0.25, 0.3) is 0 Å². The van der Waals surface area contributed by atoms with Gasteiger partial charge in [0.2, 0.25) is 0 Å². The third-order valence-electron chi connectivity index (χ3n) is 4.96. The van der Waals surface area contributed by atoms with Crippen LogP contribution < -0.4 is 5.32 Å². The van der Waals surface area contributed by atoms with Gasteiger partial charge < -0.3 is 15.4 Å². The lowest BCUT2D eigenvalue weighted by molar-refractivity contribution is 0.276. The molecule has 4 heterocycles. The van der Waals surface area contributed by atoms with Crippen LogP contribution in [0.2, 0.25) is 0 Å². The van der Waals surface area contributed by atoms with Crippen LogP contribution in [0.15, 0.2) is 30.9 Å². The van der Waals surface area contributed by atoms with Gasteiger partial charge >= 0.3 is 0 Å². The second-order valence-electron chi connectivity index (χ2n) is 8.30. The molecule has 0 amide bonds. The first kappa shape index (κ1) is 20.8. The second-order valence-corrected chi connectivity index (χ2v) is 8.30. The van der Waals surface area contributed by atoms with Crippen LogP contribution in [0.4, 0.5) is 14.6 Å². The third-order valence-corrected chi connectivity index (χ3v) is 4.96. The van der Waals surface area contributed by atoms with Gasteiger partial charge in [-0.15, -0.1) is 5.10 Å². The number of fused-ring (bicyclic) bond motifs is 1. The van der Waals surface area contributed by atoms with Crippen molar-refractivity contribution in [2.45, 2.75) is 40.0 Å². The summed E-state index contributed by atoms with van der Waals surface area (Å²) < 4.78 is 29.9. The molecule has 0 saturated heterocycles. The zero-order chi connectivity index (χ0) is 22.2. The number of hydrogen-bond donors (Lipinski definition) is 3. The average molecular weight is 428 g/mol. The van der Waals surface area contributed by atoms with Gasteiger partial charge in [-0.1, -0.05) is 26.0 Å². The highest BCUT2D eigenvalue weighted by Crippen LogP contribution is 2.29. The van der Waals surface area contributed by atoms with E-state index in [1.807, 2.05) is 20.8 Å². The summed E-state index contributed by atoms with van der Waals surface area (Å²) in [5.41, 5.74) is 1.15. The number of hydrogen-bond acceptors (Lipinski definition) is 7. The summed E-state index contributed by atoms with van der Waals surface area (Å²) in [4.78, 5) is 15.4. The van der Waals surface area contributed by atoms with Crippen molar-refractivity contribution in [1.82, 2.24) is 34.9 Å². The highest BCUT2D eigenvalue weighted by molar-refractivity contribution is 5.91. The quantitative estimate of drug-likeness (QED) is 0.432. The van der Waals surface area contributed by atoms with Gasteiger partial charge in [-0.25, -0.2) is 23.7 Å². The first-order chi connectivity index (χ1) is 14.7. The Morgan fingerprint density at radius 2 is 2.03 bits per heavy atom. The summed E-state index contributed by atoms with van der Waals surface area (Å²) in [6.45, 7) is 6.17. The Kier molecular flexibility index (Phi) is 5.36. The molecule has 4 rings (SSSR count). The van der Waals surface area contributed by atoms with Crippen LogP contribution in [0.1, 0.15) is 26.5 Å². The maximum atomic E-state index is 14.6. The predicted molar refractivity (Wildman–Crippen MR) is 110 cm³/mol. The van der Waals surface area contributed by atoms with Crippen LogP contribution in [-0.2, 0) is 13.2 Å². The number of nitrogens with one attached hydrogen (secondary N) is 2. The standard InChI is InChI=1S/C20H22F2N8O/c1-20(2,3)16(9-30-8-12(10-31)28-29-30)26-19-15(22)7-25-18(27-19)14-6-24-17-13(14)4-11(21)5-23-17/h4-8,16,31H,9-10H2,1-3H3,(H,23,24)(H,25,26,27)/t16-/m1/s1. The van der Waals surface area contributed by atoms with Crippen molar-refractivity contribution in [2.24, 2.45) is 5.41 Å². The van der Waals surface area contributed by atoms with Crippen molar-refractivity contribution in [3.8, 4) is 11.4 Å². The summed E-state index contributed by atoms with van der Waals surface area (Å²) in [6.07, 6.45) is 5.44. The molecule has 0 radical (unpaired) electrons. The number of rotatable bonds is 6. The van der Waals surface area contributed by atoms with Gasteiger partial charge in [0.15, 0.2) is 17.5 Å². The summed E-state index contributed by atoms with van der Waals surface area (Å²) >= 11 is 0. The Labute approximate surface area is 176 Å². The third kappa shape index (κ3) is 4.36. The molecule has 0 aliphatic heterocycles. The average Bonchev–Trinajstić information content (AvgIpc) is 3.34. The molecule has 9 nitrogen and oxygen atoms in total. The van der Waals surface area contributed by atoms with E-state index in [-0.39, 0.29) is 29.7 Å². The van der Waals surface area contributed by atoms with Crippen molar-refractivity contribution >= 4 is 16.9 Å². The monoisotopic (exact) mass is 428 g/mol. The van der Waals surface area contributed by atoms with E-state index in [2.05, 4.69) is 35.6 Å². The molecule has 0 spiro atoms. The van der Waals surface area contributed by atoms with Crippen LogP contribution in [0.25, 0.3) is 22.4 Å². The smallest absolute Gasteiger partial charge is 0.183 e. The minimum absolute atomic E-state index is 0.0196. The van der Waals surface area contributed by atoms with Gasteiger partial charge in [-0.2, -0.15) is 0 Å². The highest BCUT2D eigenvalue weighted by atomic mass is 19.1. The van der Waals surface area contributed by atoms with Gasteiger partial charge in [0.05, 0.1) is 37.8 Å². The van der Waals surface area contributed by atoms with E-state index in [1.165, 1.54) is 6.07 Å². The number of aromatic nitrogens is 7. The number of nitrogens with zero attached hydrogens (tertiary/aromatic N) is 6. The minimum atomic E-state index is -0.614. The topological polar surface area (TPSA) is 117 Å². The summed E-state index contributed by atoms with van der Waals surface area (Å²) in [7, 11) is 0. The lowest BCUT2D eigenvalue weighted by Crippen LogP contribution is -2.38. The maximum Gasteiger partial charge on any atom is 0.183 e. The largest absolute Gasteiger partial charge is 0.390 e. The molecule has 31 heavy (non-hydrogen) atoms. The Balaban J connectivity index is 1.67. The molecular formula is C20H22F2N8O. The molecule has 11 heteroatoms.